The van der Waals surface area contributed by atoms with Gasteiger partial charge in [-0.1, -0.05) is 0 Å². The highest BCUT2D eigenvalue weighted by Gasteiger charge is 2.26. The summed E-state index contributed by atoms with van der Waals surface area (Å²) in [5, 5.41) is 44.5. The van der Waals surface area contributed by atoms with Crippen LogP contribution in [-0.2, 0) is 61.1 Å². The number of rotatable bonds is 27. The number of hydrogen-bond acceptors (Lipinski definition) is 13. The Hall–Kier alpha value is -11.5. The van der Waals surface area contributed by atoms with E-state index in [9.17, 15) is 48.6 Å². The maximum atomic E-state index is 13.7. The maximum Gasteiger partial charge on any atom is 0.382 e. The first-order valence-corrected chi connectivity index (χ1v) is 30.1. The van der Waals surface area contributed by atoms with E-state index in [1.165, 1.54) is 74.2 Å². The van der Waals surface area contributed by atoms with Gasteiger partial charge in [-0.05, 0) is 83.6 Å². The van der Waals surface area contributed by atoms with Crippen molar-refractivity contribution in [3.05, 3.63) is 138 Å². The summed E-state index contributed by atoms with van der Waals surface area (Å²) < 4.78 is 17.7. The Morgan fingerprint density at radius 2 is 0.916 bits per heavy atom. The minimum Gasteiger partial charge on any atom is -0.495 e. The van der Waals surface area contributed by atoms with Crippen LogP contribution in [-0.4, -0.2) is 167 Å². The number of nitrogens with one attached hydrogen (secondary N) is 9. The number of amides is 8. The van der Waals surface area contributed by atoms with Crippen molar-refractivity contribution < 1.29 is 64.0 Å². The molecule has 8 amide bonds. The lowest BCUT2D eigenvalue weighted by molar-refractivity contribution is -0.381. The minimum atomic E-state index is -1.31. The first kappa shape index (κ1) is 69.4. The first-order valence-electron chi connectivity index (χ1n) is 30.1. The molecule has 0 saturated carbocycles. The van der Waals surface area contributed by atoms with E-state index in [0.29, 0.717) is 40.8 Å². The van der Waals surface area contributed by atoms with E-state index in [-0.39, 0.29) is 70.4 Å². The Bertz CT molecular complexity index is 4250. The number of carbonyl (C=O) groups excluding carboxylic acids is 8. The molecule has 8 rings (SSSR count). The molecule has 0 aliphatic carbocycles. The molecule has 1 atom stereocenters. The summed E-state index contributed by atoms with van der Waals surface area (Å²) in [7, 11) is 15.1. The summed E-state index contributed by atoms with van der Waals surface area (Å²) in [6, 6.07) is 7.68. The first-order chi connectivity index (χ1) is 44.9. The fourth-order valence-corrected chi connectivity index (χ4v) is 10.1. The van der Waals surface area contributed by atoms with E-state index in [0.717, 1.165) is 32.5 Å². The van der Waals surface area contributed by atoms with Gasteiger partial charge < -0.3 is 100 Å². The number of ether oxygens (including phenoxy) is 1. The molecule has 0 fully saturated rings. The molecule has 14 N–H and O–H groups in total. The number of nitrogens with zero attached hydrogens (tertiary/aromatic N) is 12. The summed E-state index contributed by atoms with van der Waals surface area (Å²) in [5.74, 6) is -4.61. The molecule has 33 nitrogen and oxygen atoms in total. The number of aromatic nitrogens is 10. The number of anilines is 6. The number of aliphatic hydroxyl groups is 2. The van der Waals surface area contributed by atoms with Gasteiger partial charge >= 0.3 is 17.8 Å². The van der Waals surface area contributed by atoms with Crippen LogP contribution in [0.3, 0.4) is 0 Å². The molecule has 0 radical (unpaired) electrons. The monoisotopic (exact) mass is 1310 g/mol. The van der Waals surface area contributed by atoms with Crippen LogP contribution in [0, 0.1) is 0 Å². The van der Waals surface area contributed by atoms with Crippen molar-refractivity contribution in [1.82, 2.24) is 57.1 Å². The topological polar surface area (TPSA) is 405 Å². The third-order valence-corrected chi connectivity index (χ3v) is 14.8. The Labute approximate surface area is 546 Å². The third-order valence-electron chi connectivity index (χ3n) is 14.8. The van der Waals surface area contributed by atoms with E-state index in [2.05, 4.69) is 73.1 Å². The normalized spacial score (nSPS) is 12.1. The SMILES string of the molecule is CN(CCC[NH3+])CCCNC(=O)c1cc(NC(=O)c2cc(NC(=O)c3cc(NC(=O)c4nc(N=C(O)[C@@H](CCNC(=O)c5cc(NC(=O)c6cc(NC(=O)c7cc(NC(=O)c8[nH+]ccn8C)cn7C)cn6C)cn5C)N=C(O)OC(C)(C)C)cn4C)cn3C)cn2C)cn1C. The van der Waals surface area contributed by atoms with Gasteiger partial charge in [-0.15, -0.1) is 0 Å². The van der Waals surface area contributed by atoms with Crippen molar-refractivity contribution in [2.24, 2.45) is 66.4 Å². The Balaban J connectivity index is 0.841. The smallest absolute Gasteiger partial charge is 0.382 e. The predicted molar refractivity (Wildman–Crippen MR) is 354 cm³/mol. The van der Waals surface area contributed by atoms with Gasteiger partial charge in [0.25, 0.3) is 41.4 Å². The maximum absolute atomic E-state index is 13.7. The number of aryl methyl sites for hydroxylation is 8. The largest absolute Gasteiger partial charge is 0.495 e. The molecule has 33 heteroatoms. The Morgan fingerprint density at radius 3 is 1.31 bits per heavy atom. The van der Waals surface area contributed by atoms with Crippen LogP contribution in [0.4, 0.5) is 39.9 Å². The van der Waals surface area contributed by atoms with Crippen molar-refractivity contribution in [3.8, 4) is 0 Å². The number of imidazole rings is 2. The fraction of sp³-hybridized carbons (Fsp3) is 0.355. The van der Waals surface area contributed by atoms with E-state index in [1.807, 2.05) is 7.05 Å². The van der Waals surface area contributed by atoms with Gasteiger partial charge in [0.2, 0.25) is 11.7 Å². The number of H-pyrrole nitrogens is 1. The number of aromatic amines is 1. The summed E-state index contributed by atoms with van der Waals surface area (Å²) >= 11 is 0. The molecule has 0 aliphatic rings. The molecule has 0 unspecified atom stereocenters. The van der Waals surface area contributed by atoms with Gasteiger partial charge in [0, 0.05) is 113 Å². The second-order valence-corrected chi connectivity index (χ2v) is 23.8. The van der Waals surface area contributed by atoms with E-state index >= 15 is 0 Å². The Morgan fingerprint density at radius 1 is 0.537 bits per heavy atom. The molecule has 95 heavy (non-hydrogen) atoms. The zero-order chi connectivity index (χ0) is 69.2. The summed E-state index contributed by atoms with van der Waals surface area (Å²) in [4.78, 5) is 125. The van der Waals surface area contributed by atoms with Crippen LogP contribution >= 0.6 is 0 Å². The number of hydrogen-bond donors (Lipinski definition) is 11. The molecule has 0 aromatic carbocycles. The predicted octanol–water partition coefficient (Wildman–Crippen LogP) is 3.31. The van der Waals surface area contributed by atoms with Crippen molar-refractivity contribution in [3.63, 3.8) is 0 Å². The van der Waals surface area contributed by atoms with E-state index < -0.39 is 65.0 Å². The van der Waals surface area contributed by atoms with Crippen LogP contribution in [0.15, 0.2) is 102 Å². The number of aliphatic hydroxyl groups excluding tert-OH is 2. The lowest BCUT2D eigenvalue weighted by Crippen LogP contribution is -2.51. The molecule has 8 heterocycles. The second-order valence-electron chi connectivity index (χ2n) is 23.8. The highest BCUT2D eigenvalue weighted by Crippen LogP contribution is 2.24. The molecule has 0 bridgehead atoms. The van der Waals surface area contributed by atoms with Crippen LogP contribution in [0.2, 0.25) is 0 Å². The van der Waals surface area contributed by atoms with Gasteiger partial charge in [-0.3, -0.25) is 38.4 Å². The van der Waals surface area contributed by atoms with Crippen LogP contribution in [0.5, 0.6) is 0 Å². The van der Waals surface area contributed by atoms with Crippen LogP contribution in [0.25, 0.3) is 0 Å². The van der Waals surface area contributed by atoms with Crippen molar-refractivity contribution >= 4 is 99.2 Å². The lowest BCUT2D eigenvalue weighted by atomic mass is 10.2. The molecular weight excluding hydrogens is 1230 g/mol. The van der Waals surface area contributed by atoms with Crippen LogP contribution < -0.4 is 53.3 Å². The highest BCUT2D eigenvalue weighted by atomic mass is 16.6. The van der Waals surface area contributed by atoms with Gasteiger partial charge in [0.15, 0.2) is 5.82 Å². The van der Waals surface area contributed by atoms with Crippen LogP contribution in [0.1, 0.15) is 124 Å². The summed E-state index contributed by atoms with van der Waals surface area (Å²) in [6.07, 6.45) is 14.9. The van der Waals surface area contributed by atoms with Gasteiger partial charge in [0.05, 0.1) is 53.9 Å². The second kappa shape index (κ2) is 29.9. The quantitative estimate of drug-likeness (QED) is 0.0200. The van der Waals surface area contributed by atoms with Crippen molar-refractivity contribution in [2.45, 2.75) is 51.7 Å². The zero-order valence-corrected chi connectivity index (χ0v) is 55.0. The van der Waals surface area contributed by atoms with E-state index in [1.54, 1.807) is 132 Å². The molecule has 0 aliphatic heterocycles. The number of carbonyl (C=O) groups is 8. The molecule has 0 saturated heterocycles. The number of aliphatic imine (C=N–C) groups is 2. The van der Waals surface area contributed by atoms with Crippen molar-refractivity contribution in [2.75, 3.05) is 71.7 Å². The molecule has 0 spiro atoms. The standard InChI is InChI=1S/C62H80N22O11/c1-62(2,3)95-61(94)73-42(15-18-66-54(87)44-24-37(30-79(44)7)68-56(89)46-25-38(31-81(46)9)69-57(90)47-27-40(33-82(47)10)71-59(92)50-64-19-22-77(50)5)52(85)75-49-35-84(12)51(74-49)60(93)72-41-28-48(83(11)34-41)58(91)70-39-26-45(80(8)32-39)55(88)67-36-23-43(78(6)29-36)53(86)65-17-14-21-76(4)20-13-16-63/h19,22-35,42H,13-18,20-21,63H2,1-12H3,(H,65,86)(H,66,87)(H,67,88)(H,68,89)(H,69,90)(H,70,91)(H,71,92)(H,72,93)(H,73,94)(H,75,85)/p+2/t42-/m1/s1. The van der Waals surface area contributed by atoms with Gasteiger partial charge in [0.1, 0.15) is 58.2 Å². The Kier molecular flexibility index (Phi) is 21.8. The molecule has 8 aromatic rings. The average molecular weight is 1310 g/mol. The third kappa shape index (κ3) is 18.0. The fourth-order valence-electron chi connectivity index (χ4n) is 10.1. The van der Waals surface area contributed by atoms with E-state index in [4.69, 9.17) is 4.74 Å². The average Bonchev–Trinajstić information content (AvgIpc) is 1.70. The highest BCUT2D eigenvalue weighted by molar-refractivity contribution is 6.10. The summed E-state index contributed by atoms with van der Waals surface area (Å²) in [5.41, 5.74) is 6.21. The lowest BCUT2D eigenvalue weighted by Gasteiger charge is -2.20. The van der Waals surface area contributed by atoms with Gasteiger partial charge in [-0.25, -0.2) is 19.5 Å². The number of quaternary nitrogens is 1. The van der Waals surface area contributed by atoms with Crippen molar-refractivity contribution in [1.29, 1.82) is 0 Å². The molecular formula is C62H82N22O11+2. The molecule has 8 aromatic heterocycles. The summed E-state index contributed by atoms with van der Waals surface area (Å²) in [6.45, 7) is 8.03. The zero-order valence-electron chi connectivity index (χ0n) is 55.0. The molecule has 504 valence electrons. The minimum absolute atomic E-state index is 0.121. The van der Waals surface area contributed by atoms with Gasteiger partial charge in [-0.2, -0.15) is 4.99 Å².